The number of piperazine rings is 1. The number of fused-ring (bicyclic) bond motifs is 1. The number of hydrogen-bond donors (Lipinski definition) is 2. The van der Waals surface area contributed by atoms with Crippen LogP contribution in [0.15, 0.2) is 24.3 Å². The maximum Gasteiger partial charge on any atom is 0.241 e. The Morgan fingerprint density at radius 1 is 1.11 bits per heavy atom. The number of benzene rings is 1. The fourth-order valence-electron chi connectivity index (χ4n) is 2.94. The Labute approximate surface area is 114 Å². The number of rotatable bonds is 1. The average molecular weight is 259 g/mol. The fraction of sp³-hybridized carbons (Fsp3) is 0.533. The molecule has 0 bridgehead atoms. The van der Waals surface area contributed by atoms with E-state index in [4.69, 9.17) is 0 Å². The molecular weight excluding hydrogens is 238 g/mol. The molecule has 1 unspecified atom stereocenters. The van der Waals surface area contributed by atoms with E-state index in [0.29, 0.717) is 0 Å². The molecule has 0 radical (unpaired) electrons. The third-order valence-corrected chi connectivity index (χ3v) is 4.07. The van der Waals surface area contributed by atoms with Crippen LogP contribution in [0, 0.1) is 0 Å². The van der Waals surface area contributed by atoms with E-state index in [1.165, 1.54) is 11.1 Å². The molecule has 0 aliphatic carbocycles. The van der Waals surface area contributed by atoms with Crippen molar-refractivity contribution in [2.75, 3.05) is 32.7 Å². The van der Waals surface area contributed by atoms with E-state index < -0.39 is 0 Å². The summed E-state index contributed by atoms with van der Waals surface area (Å²) in [5.41, 5.74) is 2.79. The second-order valence-corrected chi connectivity index (χ2v) is 5.30. The van der Waals surface area contributed by atoms with Gasteiger partial charge in [-0.1, -0.05) is 24.3 Å². The number of amides is 1. The van der Waals surface area contributed by atoms with E-state index in [1.54, 1.807) is 0 Å². The quantitative estimate of drug-likeness (QED) is 0.756. The highest BCUT2D eigenvalue weighted by atomic mass is 16.2. The van der Waals surface area contributed by atoms with Gasteiger partial charge in [-0.25, -0.2) is 0 Å². The van der Waals surface area contributed by atoms with Crippen molar-refractivity contribution >= 4 is 5.91 Å². The first-order valence-electron chi connectivity index (χ1n) is 7.14. The molecule has 2 heterocycles. The van der Waals surface area contributed by atoms with Crippen molar-refractivity contribution in [3.63, 3.8) is 0 Å². The fourth-order valence-corrected chi connectivity index (χ4v) is 2.94. The lowest BCUT2D eigenvalue weighted by Gasteiger charge is -2.29. The molecule has 1 saturated heterocycles. The minimum Gasteiger partial charge on any atom is -0.341 e. The van der Waals surface area contributed by atoms with Crippen LogP contribution in [0.4, 0.5) is 0 Å². The number of nitrogens with one attached hydrogen (secondary N) is 2. The molecule has 4 nitrogen and oxygen atoms in total. The minimum absolute atomic E-state index is 0.0463. The lowest BCUT2D eigenvalue weighted by atomic mass is 10.0. The van der Waals surface area contributed by atoms with Gasteiger partial charge in [0.1, 0.15) is 0 Å². The second kappa shape index (κ2) is 5.72. The number of carbonyl (C=O) groups excluding carboxylic acids is 1. The number of nitrogens with zero attached hydrogens (tertiary/aromatic N) is 1. The van der Waals surface area contributed by atoms with Crippen LogP contribution in [0.2, 0.25) is 0 Å². The maximum absolute atomic E-state index is 12.5. The van der Waals surface area contributed by atoms with Gasteiger partial charge in [-0.15, -0.1) is 0 Å². The Kier molecular flexibility index (Phi) is 3.80. The van der Waals surface area contributed by atoms with Gasteiger partial charge in [0.25, 0.3) is 0 Å². The largest absolute Gasteiger partial charge is 0.341 e. The molecule has 3 rings (SSSR count). The lowest BCUT2D eigenvalue weighted by Crippen LogP contribution is -2.56. The van der Waals surface area contributed by atoms with Crippen LogP contribution in [0.3, 0.4) is 0 Å². The van der Waals surface area contributed by atoms with Crippen LogP contribution in [-0.2, 0) is 17.6 Å². The predicted octanol–water partition coefficient (Wildman–Crippen LogP) is 0.175. The van der Waals surface area contributed by atoms with Crippen LogP contribution in [0.25, 0.3) is 0 Å². The van der Waals surface area contributed by atoms with E-state index in [9.17, 15) is 4.79 Å². The molecule has 1 amide bonds. The van der Waals surface area contributed by atoms with E-state index >= 15 is 0 Å². The summed E-state index contributed by atoms with van der Waals surface area (Å²) in [6.45, 7) is 4.27. The Hall–Kier alpha value is -1.39. The molecule has 1 aromatic carbocycles. The van der Waals surface area contributed by atoms with Crippen LogP contribution in [0.1, 0.15) is 11.1 Å². The first kappa shape index (κ1) is 12.6. The Bertz CT molecular complexity index is 427. The molecule has 2 aliphatic rings. The smallest absolute Gasteiger partial charge is 0.241 e. The molecule has 2 N–H and O–H groups in total. The third-order valence-electron chi connectivity index (χ3n) is 4.07. The van der Waals surface area contributed by atoms with Gasteiger partial charge in [-0.3, -0.25) is 4.79 Å². The van der Waals surface area contributed by atoms with Gasteiger partial charge in [-0.05, 0) is 24.0 Å². The van der Waals surface area contributed by atoms with Crippen molar-refractivity contribution in [1.82, 2.24) is 15.5 Å². The monoisotopic (exact) mass is 259 g/mol. The van der Waals surface area contributed by atoms with Gasteiger partial charge < -0.3 is 15.5 Å². The molecule has 1 atom stereocenters. The number of carbonyl (C=O) groups is 1. The molecule has 1 aromatic rings. The van der Waals surface area contributed by atoms with Gasteiger partial charge >= 0.3 is 0 Å². The van der Waals surface area contributed by atoms with Crippen molar-refractivity contribution in [2.24, 2.45) is 0 Å². The van der Waals surface area contributed by atoms with Gasteiger partial charge in [-0.2, -0.15) is 0 Å². The summed E-state index contributed by atoms with van der Waals surface area (Å²) in [4.78, 5) is 14.5. The molecule has 102 valence electrons. The van der Waals surface area contributed by atoms with E-state index in [-0.39, 0.29) is 11.9 Å². The molecule has 0 spiro atoms. The SMILES string of the molecule is O=C(C1CNCCN1)N1CCc2ccccc2CC1. The zero-order valence-corrected chi connectivity index (χ0v) is 11.2. The second-order valence-electron chi connectivity index (χ2n) is 5.30. The first-order chi connectivity index (χ1) is 9.34. The Balaban J connectivity index is 1.66. The Morgan fingerprint density at radius 3 is 2.37 bits per heavy atom. The number of hydrogen-bond acceptors (Lipinski definition) is 3. The van der Waals surface area contributed by atoms with Gasteiger partial charge in [0.2, 0.25) is 5.91 Å². The summed E-state index contributed by atoms with van der Waals surface area (Å²) in [6.07, 6.45) is 1.95. The van der Waals surface area contributed by atoms with E-state index in [0.717, 1.165) is 45.6 Å². The third kappa shape index (κ3) is 2.80. The van der Waals surface area contributed by atoms with Crippen LogP contribution in [-0.4, -0.2) is 49.6 Å². The topological polar surface area (TPSA) is 44.4 Å². The first-order valence-corrected chi connectivity index (χ1v) is 7.14. The van der Waals surface area contributed by atoms with Crippen LogP contribution >= 0.6 is 0 Å². The lowest BCUT2D eigenvalue weighted by molar-refractivity contribution is -0.133. The molecule has 1 fully saturated rings. The summed E-state index contributed by atoms with van der Waals surface area (Å²) >= 11 is 0. The minimum atomic E-state index is -0.0463. The van der Waals surface area contributed by atoms with Crippen molar-refractivity contribution in [1.29, 1.82) is 0 Å². The maximum atomic E-state index is 12.5. The van der Waals surface area contributed by atoms with Crippen molar-refractivity contribution in [2.45, 2.75) is 18.9 Å². The summed E-state index contributed by atoms with van der Waals surface area (Å²) in [7, 11) is 0. The summed E-state index contributed by atoms with van der Waals surface area (Å²) in [5.74, 6) is 0.250. The Morgan fingerprint density at radius 2 is 1.79 bits per heavy atom. The standard InChI is InChI=1S/C15H21N3O/c19-15(14-11-16-7-8-17-14)18-9-5-12-3-1-2-4-13(12)6-10-18/h1-4,14,16-17H,5-11H2. The van der Waals surface area contributed by atoms with Crippen molar-refractivity contribution in [3.05, 3.63) is 35.4 Å². The predicted molar refractivity (Wildman–Crippen MR) is 75.1 cm³/mol. The zero-order chi connectivity index (χ0) is 13.1. The normalized spacial score (nSPS) is 23.6. The highest BCUT2D eigenvalue weighted by molar-refractivity contribution is 5.82. The van der Waals surface area contributed by atoms with Gasteiger partial charge in [0.15, 0.2) is 0 Å². The molecular formula is C15H21N3O. The highest BCUT2D eigenvalue weighted by Gasteiger charge is 2.26. The average Bonchev–Trinajstić information content (AvgIpc) is 2.70. The summed E-state index contributed by atoms with van der Waals surface area (Å²) in [6, 6.07) is 8.49. The highest BCUT2D eigenvalue weighted by Crippen LogP contribution is 2.16. The summed E-state index contributed by atoms with van der Waals surface area (Å²) in [5, 5.41) is 6.58. The molecule has 2 aliphatic heterocycles. The summed E-state index contributed by atoms with van der Waals surface area (Å²) < 4.78 is 0. The van der Waals surface area contributed by atoms with Crippen LogP contribution < -0.4 is 10.6 Å². The van der Waals surface area contributed by atoms with Gasteiger partial charge in [0.05, 0.1) is 6.04 Å². The zero-order valence-electron chi connectivity index (χ0n) is 11.2. The van der Waals surface area contributed by atoms with Crippen molar-refractivity contribution < 1.29 is 4.79 Å². The van der Waals surface area contributed by atoms with E-state index in [1.807, 2.05) is 4.90 Å². The van der Waals surface area contributed by atoms with Gasteiger partial charge in [0, 0.05) is 32.7 Å². The molecule has 4 heteroatoms. The van der Waals surface area contributed by atoms with E-state index in [2.05, 4.69) is 34.9 Å². The molecule has 0 aromatic heterocycles. The molecule has 19 heavy (non-hydrogen) atoms. The molecule has 0 saturated carbocycles. The van der Waals surface area contributed by atoms with Crippen LogP contribution in [0.5, 0.6) is 0 Å². The van der Waals surface area contributed by atoms with Crippen molar-refractivity contribution in [3.8, 4) is 0 Å².